The minimum atomic E-state index is -0.716. The normalized spacial score (nSPS) is 21.8. The van der Waals surface area contributed by atoms with Crippen molar-refractivity contribution in [2.45, 2.75) is 43.9 Å². The molecule has 1 aliphatic carbocycles. The molecular weight excluding hydrogens is 651 g/mol. The number of nitrogens with zero attached hydrogens (tertiary/aromatic N) is 3. The molecule has 2 bridgehead atoms. The summed E-state index contributed by atoms with van der Waals surface area (Å²) in [5.74, 6) is -1.51. The lowest BCUT2D eigenvalue weighted by Crippen LogP contribution is -2.59. The first-order valence-corrected chi connectivity index (χ1v) is 16.6. The van der Waals surface area contributed by atoms with Gasteiger partial charge in [-0.25, -0.2) is 13.8 Å². The van der Waals surface area contributed by atoms with Crippen LogP contribution in [0.2, 0.25) is 15.1 Å². The van der Waals surface area contributed by atoms with Crippen molar-refractivity contribution in [2.24, 2.45) is 5.92 Å². The number of anilines is 1. The summed E-state index contributed by atoms with van der Waals surface area (Å²) in [7, 11) is 0. The molecule has 2 N–H and O–H groups in total. The fourth-order valence-electron chi connectivity index (χ4n) is 6.18. The summed E-state index contributed by atoms with van der Waals surface area (Å²) < 4.78 is 33.4. The minimum absolute atomic E-state index is 0.0255. The maximum atomic E-state index is 14.4. The monoisotopic (exact) mass is 679 g/mol. The van der Waals surface area contributed by atoms with Gasteiger partial charge < -0.3 is 25.2 Å². The van der Waals surface area contributed by atoms with Gasteiger partial charge >= 0.3 is 0 Å². The van der Waals surface area contributed by atoms with Crippen LogP contribution in [0.1, 0.15) is 29.7 Å². The Labute approximate surface area is 273 Å². The maximum Gasteiger partial charge on any atom is 0.252 e. The molecule has 2 aromatic carbocycles. The smallest absolute Gasteiger partial charge is 0.252 e. The summed E-state index contributed by atoms with van der Waals surface area (Å²) in [6.07, 6.45) is 4.53. The standard InChI is InChI=1S/C31H30Cl3F2N5O2S/c32-21-3-1-2-17(27(21)33)14-41(19-4-5-19)30(42)26-20(8-18-9-37-10-24(26)39-18)25-11-38-31(44-25)40-12-16(13-40)15-43-29-23(36)7-6-22(35)28(29)34/h1-3,6-7,11,16,18-19,24,37,39H,4-5,8-10,12-15H2/t18-,24-/m1/s1. The van der Waals surface area contributed by atoms with Crippen LogP contribution in [0, 0.1) is 17.6 Å². The van der Waals surface area contributed by atoms with Crippen LogP contribution in [0.3, 0.4) is 0 Å². The van der Waals surface area contributed by atoms with E-state index < -0.39 is 11.6 Å². The van der Waals surface area contributed by atoms with Gasteiger partial charge in [0.15, 0.2) is 16.7 Å². The fraction of sp³-hybridized carbons (Fsp3) is 0.419. The van der Waals surface area contributed by atoms with Crippen LogP contribution in [0.25, 0.3) is 5.57 Å². The molecular formula is C31H30Cl3F2N5O2S. The molecule has 44 heavy (non-hydrogen) atoms. The number of hydrogen-bond acceptors (Lipinski definition) is 7. The van der Waals surface area contributed by atoms with E-state index in [1.165, 1.54) is 0 Å². The molecule has 3 aliphatic heterocycles. The summed E-state index contributed by atoms with van der Waals surface area (Å²) in [6.45, 7) is 3.46. The minimum Gasteiger partial charge on any atom is -0.488 e. The van der Waals surface area contributed by atoms with E-state index >= 15 is 0 Å². The first-order valence-electron chi connectivity index (χ1n) is 14.7. The molecule has 3 aromatic rings. The molecule has 7 nitrogen and oxygen atoms in total. The number of ether oxygens (including phenoxy) is 1. The second kappa shape index (κ2) is 12.4. The Balaban J connectivity index is 1.09. The van der Waals surface area contributed by atoms with Crippen molar-refractivity contribution in [1.29, 1.82) is 0 Å². The predicted octanol–water partition coefficient (Wildman–Crippen LogP) is 6.18. The number of nitrogens with one attached hydrogen (secondary N) is 2. The average molecular weight is 681 g/mol. The van der Waals surface area contributed by atoms with Crippen LogP contribution < -0.4 is 20.3 Å². The Bertz CT molecular complexity index is 1630. The van der Waals surface area contributed by atoms with Gasteiger partial charge in [-0.15, -0.1) is 0 Å². The van der Waals surface area contributed by atoms with Crippen LogP contribution in [-0.2, 0) is 11.3 Å². The topological polar surface area (TPSA) is 69.7 Å². The second-order valence-electron chi connectivity index (χ2n) is 11.8. The van der Waals surface area contributed by atoms with E-state index in [2.05, 4.69) is 15.5 Å². The molecule has 3 fully saturated rings. The van der Waals surface area contributed by atoms with Gasteiger partial charge in [0.2, 0.25) is 0 Å². The third-order valence-electron chi connectivity index (χ3n) is 8.64. The summed E-state index contributed by atoms with van der Waals surface area (Å²) in [4.78, 5) is 24.2. The number of fused-ring (bicyclic) bond motifs is 2. The van der Waals surface area contributed by atoms with Crippen LogP contribution >= 0.6 is 46.1 Å². The Morgan fingerprint density at radius 2 is 1.89 bits per heavy atom. The van der Waals surface area contributed by atoms with Gasteiger partial charge in [0.05, 0.1) is 27.6 Å². The number of piperazine rings is 1. The van der Waals surface area contributed by atoms with E-state index in [1.807, 2.05) is 23.2 Å². The van der Waals surface area contributed by atoms with E-state index in [1.54, 1.807) is 17.4 Å². The number of rotatable bonds is 9. The SMILES string of the molecule is O=C(C1=C(c2cnc(N3CC(COc4c(F)ccc(F)c4Cl)C3)s2)C[C@@H]2CNC[C@H]1N2)N(Cc1cccc(Cl)c1Cl)C1CC1. The molecule has 0 radical (unpaired) electrons. The van der Waals surface area contributed by atoms with Crippen molar-refractivity contribution >= 4 is 62.8 Å². The Morgan fingerprint density at radius 1 is 1.09 bits per heavy atom. The highest BCUT2D eigenvalue weighted by Crippen LogP contribution is 2.41. The van der Waals surface area contributed by atoms with Crippen molar-refractivity contribution in [3.8, 4) is 5.75 Å². The van der Waals surface area contributed by atoms with E-state index in [-0.39, 0.29) is 47.3 Å². The number of hydrogen-bond donors (Lipinski definition) is 2. The zero-order valence-corrected chi connectivity index (χ0v) is 26.7. The van der Waals surface area contributed by atoms with Gasteiger partial charge in [0.1, 0.15) is 10.8 Å². The first-order chi connectivity index (χ1) is 21.3. The Morgan fingerprint density at radius 3 is 2.68 bits per heavy atom. The van der Waals surface area contributed by atoms with Crippen LogP contribution in [0.5, 0.6) is 5.75 Å². The van der Waals surface area contributed by atoms with Crippen LogP contribution in [0.15, 0.2) is 42.1 Å². The number of carbonyl (C=O) groups is 1. The molecule has 13 heteroatoms. The molecule has 232 valence electrons. The van der Waals surface area contributed by atoms with Gasteiger partial charge in [0, 0.05) is 62.5 Å². The highest BCUT2D eigenvalue weighted by atomic mass is 35.5. The van der Waals surface area contributed by atoms with E-state index in [4.69, 9.17) is 44.5 Å². The van der Waals surface area contributed by atoms with Crippen molar-refractivity contribution in [3.05, 3.63) is 79.2 Å². The third kappa shape index (κ3) is 5.92. The highest BCUT2D eigenvalue weighted by Gasteiger charge is 2.42. The number of thiazole rings is 1. The van der Waals surface area contributed by atoms with Crippen molar-refractivity contribution in [2.75, 3.05) is 37.7 Å². The molecule has 1 amide bonds. The second-order valence-corrected chi connectivity index (χ2v) is 14.0. The number of halogens is 5. The molecule has 4 aliphatic rings. The quantitative estimate of drug-likeness (QED) is 0.264. The highest BCUT2D eigenvalue weighted by molar-refractivity contribution is 7.16. The first kappa shape index (κ1) is 30.2. The summed E-state index contributed by atoms with van der Waals surface area (Å²) in [5, 5.41) is 8.62. The Kier molecular flexibility index (Phi) is 8.50. The van der Waals surface area contributed by atoms with Crippen LogP contribution in [0.4, 0.5) is 13.9 Å². The molecule has 2 atom stereocenters. The number of aromatic nitrogens is 1. The summed E-state index contributed by atoms with van der Waals surface area (Å²) in [5.41, 5.74) is 2.68. The molecule has 7 rings (SSSR count). The number of carbonyl (C=O) groups excluding carboxylic acids is 1. The predicted molar refractivity (Wildman–Crippen MR) is 170 cm³/mol. The molecule has 0 unspecified atom stereocenters. The molecule has 4 heterocycles. The van der Waals surface area contributed by atoms with Gasteiger partial charge in [-0.2, -0.15) is 0 Å². The molecule has 1 aromatic heterocycles. The summed E-state index contributed by atoms with van der Waals surface area (Å²) >= 11 is 20.3. The van der Waals surface area contributed by atoms with Gasteiger partial charge in [0.25, 0.3) is 5.91 Å². The number of amides is 1. The van der Waals surface area contributed by atoms with Gasteiger partial charge in [-0.1, -0.05) is 58.3 Å². The Hall–Kier alpha value is -2.47. The summed E-state index contributed by atoms with van der Waals surface area (Å²) in [6, 6.07) is 7.83. The molecule has 2 saturated heterocycles. The number of benzene rings is 2. The zero-order chi connectivity index (χ0) is 30.5. The van der Waals surface area contributed by atoms with Gasteiger partial charge in [-0.05, 0) is 48.6 Å². The molecule has 0 spiro atoms. The average Bonchev–Trinajstić information content (AvgIpc) is 3.72. The van der Waals surface area contributed by atoms with Crippen molar-refractivity contribution in [3.63, 3.8) is 0 Å². The van der Waals surface area contributed by atoms with E-state index in [0.29, 0.717) is 36.2 Å². The fourth-order valence-corrected chi connectivity index (χ4v) is 7.77. The van der Waals surface area contributed by atoms with Crippen LogP contribution in [-0.4, -0.2) is 66.7 Å². The third-order valence-corrected chi connectivity index (χ3v) is 11.0. The zero-order valence-electron chi connectivity index (χ0n) is 23.6. The van der Waals surface area contributed by atoms with Gasteiger partial charge in [-0.3, -0.25) is 4.79 Å². The molecule has 1 saturated carbocycles. The van der Waals surface area contributed by atoms with E-state index in [0.717, 1.165) is 64.7 Å². The van der Waals surface area contributed by atoms with E-state index in [9.17, 15) is 13.6 Å². The maximum absolute atomic E-state index is 14.4. The van der Waals surface area contributed by atoms with Crippen molar-refractivity contribution in [1.82, 2.24) is 20.5 Å². The lowest BCUT2D eigenvalue weighted by atomic mass is 9.86. The lowest BCUT2D eigenvalue weighted by Gasteiger charge is -2.40. The lowest BCUT2D eigenvalue weighted by molar-refractivity contribution is -0.128. The largest absolute Gasteiger partial charge is 0.488 e. The van der Waals surface area contributed by atoms with Crippen molar-refractivity contribution < 1.29 is 18.3 Å².